The first kappa shape index (κ1) is 26.3. The number of hydrogen-bond acceptors (Lipinski definition) is 7. The van der Waals surface area contributed by atoms with E-state index in [1.165, 1.54) is 10.4 Å². The van der Waals surface area contributed by atoms with Gasteiger partial charge < -0.3 is 14.2 Å². The minimum Gasteiger partial charge on any atom is -0.454 e. The van der Waals surface area contributed by atoms with Crippen molar-refractivity contribution in [3.63, 3.8) is 0 Å². The molecule has 2 aromatic carbocycles. The summed E-state index contributed by atoms with van der Waals surface area (Å²) in [6.07, 6.45) is 2.41. The fourth-order valence-electron chi connectivity index (χ4n) is 3.60. The third kappa shape index (κ3) is 7.34. The Balaban J connectivity index is 1.72. The van der Waals surface area contributed by atoms with Crippen LogP contribution in [-0.4, -0.2) is 45.2 Å². The lowest BCUT2D eigenvalue weighted by molar-refractivity contribution is 0.174. The molecular weight excluding hydrogens is 468 g/mol. The van der Waals surface area contributed by atoms with Gasteiger partial charge in [0.05, 0.1) is 4.90 Å². The minimum absolute atomic E-state index is 0.0821. The van der Waals surface area contributed by atoms with Gasteiger partial charge in [0.1, 0.15) is 5.75 Å². The van der Waals surface area contributed by atoms with Gasteiger partial charge in [-0.2, -0.15) is 9.57 Å². The average Bonchev–Trinajstić information content (AvgIpc) is 3.27. The van der Waals surface area contributed by atoms with E-state index >= 15 is 0 Å². The lowest BCUT2D eigenvalue weighted by Gasteiger charge is -2.33. The number of para-hydroxylation sites is 1. The van der Waals surface area contributed by atoms with Crippen molar-refractivity contribution in [2.24, 2.45) is 16.3 Å². The van der Waals surface area contributed by atoms with E-state index in [0.29, 0.717) is 43.3 Å². The minimum atomic E-state index is -3.76. The number of nitrogens with one attached hydrogen (secondary N) is 1. The molecule has 1 heterocycles. The molecule has 0 aliphatic carbocycles. The smallest absolute Gasteiger partial charge is 0.303 e. The first-order valence-electron chi connectivity index (χ1n) is 11.4. The van der Waals surface area contributed by atoms with E-state index in [-0.39, 0.29) is 23.6 Å². The van der Waals surface area contributed by atoms with E-state index < -0.39 is 15.4 Å². The molecule has 0 unspecified atom stereocenters. The summed E-state index contributed by atoms with van der Waals surface area (Å²) in [5.41, 5.74) is -0.397. The molecule has 0 fully saturated rings. The number of fused-ring (bicyclic) bond motifs is 1. The van der Waals surface area contributed by atoms with Crippen molar-refractivity contribution >= 4 is 16.0 Å². The molecule has 3 rings (SSSR count). The van der Waals surface area contributed by atoms with E-state index in [9.17, 15) is 8.42 Å². The molecule has 0 amide bonds. The second kappa shape index (κ2) is 11.4. The van der Waals surface area contributed by atoms with Crippen LogP contribution in [0.4, 0.5) is 0 Å². The quantitative estimate of drug-likeness (QED) is 0.227. The van der Waals surface area contributed by atoms with Gasteiger partial charge in [0.2, 0.25) is 16.8 Å². The molecule has 9 nitrogen and oxygen atoms in total. The molecule has 10 heteroatoms. The Kier molecular flexibility index (Phi) is 8.59. The van der Waals surface area contributed by atoms with Crippen LogP contribution in [0.5, 0.6) is 17.2 Å². The highest BCUT2D eigenvalue weighted by Crippen LogP contribution is 2.35. The molecule has 0 saturated heterocycles. The highest BCUT2D eigenvalue weighted by atomic mass is 32.2. The molecule has 0 bridgehead atoms. The number of benzene rings is 2. The Morgan fingerprint density at radius 2 is 1.91 bits per heavy atom. The molecule has 1 aliphatic heterocycles. The Morgan fingerprint density at radius 3 is 2.60 bits per heavy atom. The molecule has 0 atom stereocenters. The lowest BCUT2D eigenvalue weighted by atomic mass is 9.89. The number of amidine groups is 1. The topological polar surface area (TPSA) is 113 Å². The first-order valence-corrected chi connectivity index (χ1v) is 12.9. The summed E-state index contributed by atoms with van der Waals surface area (Å²) in [6, 6.07) is 13.8. The molecular formula is C25H32N4O5S. The number of nitriles is 1. The summed E-state index contributed by atoms with van der Waals surface area (Å²) >= 11 is 0. The van der Waals surface area contributed by atoms with Gasteiger partial charge in [-0.25, -0.2) is 18.7 Å². The number of ether oxygens (including phenoxy) is 3. The third-order valence-corrected chi connectivity index (χ3v) is 7.13. The number of rotatable bonds is 10. The van der Waals surface area contributed by atoms with Gasteiger partial charge in [0.25, 0.3) is 0 Å². The van der Waals surface area contributed by atoms with E-state index in [1.54, 1.807) is 24.3 Å². The molecule has 0 radical (unpaired) electrons. The number of sulfonamides is 1. The summed E-state index contributed by atoms with van der Waals surface area (Å²) in [4.78, 5) is 4.56. The fraction of sp³-hybridized carbons (Fsp3) is 0.440. The number of hydrogen-bond donors (Lipinski definition) is 1. The maximum atomic E-state index is 13.6. The van der Waals surface area contributed by atoms with Crippen LogP contribution in [0.2, 0.25) is 0 Å². The van der Waals surface area contributed by atoms with E-state index in [4.69, 9.17) is 19.5 Å². The second-order valence-electron chi connectivity index (χ2n) is 9.46. The van der Waals surface area contributed by atoms with Gasteiger partial charge in [0, 0.05) is 25.7 Å². The molecule has 0 spiro atoms. The van der Waals surface area contributed by atoms with Crippen LogP contribution in [0.15, 0.2) is 58.4 Å². The van der Waals surface area contributed by atoms with Gasteiger partial charge >= 0.3 is 6.02 Å². The molecule has 0 aromatic heterocycles. The van der Waals surface area contributed by atoms with Gasteiger partial charge in [-0.15, -0.1) is 0 Å². The SMILES string of the molecule is CC(C)CN(CC(C)(C)CCN=C(NC#N)Oc1ccccc1)S(=O)(=O)c1ccc2c(c1)OCO2. The molecule has 1 aliphatic rings. The summed E-state index contributed by atoms with van der Waals surface area (Å²) < 4.78 is 45.0. The van der Waals surface area contributed by atoms with Gasteiger partial charge in [-0.3, -0.25) is 0 Å². The van der Waals surface area contributed by atoms with Crippen LogP contribution < -0.4 is 19.5 Å². The van der Waals surface area contributed by atoms with Crippen molar-refractivity contribution in [3.8, 4) is 23.4 Å². The van der Waals surface area contributed by atoms with Crippen LogP contribution in [0.3, 0.4) is 0 Å². The molecule has 0 saturated carbocycles. The van der Waals surface area contributed by atoms with Crippen molar-refractivity contribution in [1.82, 2.24) is 9.62 Å². The van der Waals surface area contributed by atoms with Crippen LogP contribution in [0, 0.1) is 22.8 Å². The van der Waals surface area contributed by atoms with Gasteiger partial charge in [-0.05, 0) is 42.0 Å². The maximum absolute atomic E-state index is 13.6. The van der Waals surface area contributed by atoms with Crippen LogP contribution in [0.25, 0.3) is 0 Å². The normalized spacial score (nSPS) is 13.7. The van der Waals surface area contributed by atoms with Crippen molar-refractivity contribution in [2.45, 2.75) is 39.0 Å². The monoisotopic (exact) mass is 500 g/mol. The van der Waals surface area contributed by atoms with Gasteiger partial charge in [0.15, 0.2) is 17.7 Å². The van der Waals surface area contributed by atoms with Gasteiger partial charge in [-0.1, -0.05) is 45.9 Å². The number of nitrogens with zero attached hydrogens (tertiary/aromatic N) is 3. The predicted octanol–water partition coefficient (Wildman–Crippen LogP) is 3.98. The van der Waals surface area contributed by atoms with Crippen LogP contribution >= 0.6 is 0 Å². The maximum Gasteiger partial charge on any atom is 0.303 e. The Morgan fingerprint density at radius 1 is 1.20 bits per heavy atom. The van der Waals surface area contributed by atoms with E-state index in [1.807, 2.05) is 52.1 Å². The molecule has 188 valence electrons. The van der Waals surface area contributed by atoms with Crippen molar-refractivity contribution in [1.29, 1.82) is 5.26 Å². The zero-order valence-corrected chi connectivity index (χ0v) is 21.3. The van der Waals surface area contributed by atoms with Crippen LogP contribution in [-0.2, 0) is 10.0 Å². The molecule has 35 heavy (non-hydrogen) atoms. The largest absolute Gasteiger partial charge is 0.454 e. The van der Waals surface area contributed by atoms with Crippen molar-refractivity contribution in [3.05, 3.63) is 48.5 Å². The molecule has 2 aromatic rings. The van der Waals surface area contributed by atoms with Crippen LogP contribution in [0.1, 0.15) is 34.1 Å². The lowest BCUT2D eigenvalue weighted by Crippen LogP contribution is -2.41. The summed E-state index contributed by atoms with van der Waals surface area (Å²) in [6.45, 7) is 9.09. The highest BCUT2D eigenvalue weighted by molar-refractivity contribution is 7.89. The zero-order valence-electron chi connectivity index (χ0n) is 20.5. The zero-order chi connectivity index (χ0) is 25.5. The van der Waals surface area contributed by atoms with E-state index in [2.05, 4.69) is 10.3 Å². The summed E-state index contributed by atoms with van der Waals surface area (Å²) in [7, 11) is -3.76. The number of aliphatic imine (C=N–C) groups is 1. The fourth-order valence-corrected chi connectivity index (χ4v) is 5.41. The first-order chi connectivity index (χ1) is 16.6. The second-order valence-corrected chi connectivity index (χ2v) is 11.4. The summed E-state index contributed by atoms with van der Waals surface area (Å²) in [5, 5.41) is 11.5. The standard InChI is InChI=1S/C25H32N4O5S/c1-19(2)15-29(35(30,31)21-10-11-22-23(14-21)33-18-32-22)16-25(3,4)12-13-27-24(28-17-26)34-20-8-6-5-7-9-20/h5-11,14,19H,12-13,15-16,18H2,1-4H3,(H,27,28). The van der Waals surface area contributed by atoms with E-state index in [0.717, 1.165) is 0 Å². The Hall–Kier alpha value is -3.29. The third-order valence-electron chi connectivity index (χ3n) is 5.32. The Labute approximate surface area is 207 Å². The van der Waals surface area contributed by atoms with Crippen molar-refractivity contribution < 1.29 is 22.6 Å². The predicted molar refractivity (Wildman–Crippen MR) is 133 cm³/mol. The highest BCUT2D eigenvalue weighted by Gasteiger charge is 2.32. The Bertz CT molecular complexity index is 1170. The summed E-state index contributed by atoms with van der Waals surface area (Å²) in [5.74, 6) is 1.67. The average molecular weight is 501 g/mol. The van der Waals surface area contributed by atoms with Crippen molar-refractivity contribution in [2.75, 3.05) is 26.4 Å². The molecule has 1 N–H and O–H groups in total.